The highest BCUT2D eigenvalue weighted by atomic mass is 16.2. The van der Waals surface area contributed by atoms with Gasteiger partial charge in [-0.3, -0.25) is 4.79 Å². The third-order valence-corrected chi connectivity index (χ3v) is 5.55. The molecule has 1 aliphatic carbocycles. The van der Waals surface area contributed by atoms with Crippen molar-refractivity contribution >= 4 is 17.4 Å². The predicted octanol–water partition coefficient (Wildman–Crippen LogP) is 2.87. The first-order valence-corrected chi connectivity index (χ1v) is 9.99. The molecule has 2 aliphatic rings. The molecular weight excluding hydrogens is 338 g/mol. The minimum absolute atomic E-state index is 0.102. The number of hydrogen-bond donors (Lipinski definition) is 1. The number of anilines is 2. The van der Waals surface area contributed by atoms with Crippen molar-refractivity contribution in [2.24, 2.45) is 0 Å². The molecule has 27 heavy (non-hydrogen) atoms. The maximum Gasteiger partial charge on any atom is 0.272 e. The van der Waals surface area contributed by atoms with Crippen LogP contribution < -0.4 is 15.1 Å². The van der Waals surface area contributed by atoms with Crippen LogP contribution in [0.3, 0.4) is 0 Å². The van der Waals surface area contributed by atoms with Gasteiger partial charge in [-0.15, -0.1) is 10.2 Å². The molecule has 1 aromatic heterocycles. The summed E-state index contributed by atoms with van der Waals surface area (Å²) in [5.41, 5.74) is 1.67. The summed E-state index contributed by atoms with van der Waals surface area (Å²) in [5.74, 6) is 0.742. The summed E-state index contributed by atoms with van der Waals surface area (Å²) in [7, 11) is 0. The van der Waals surface area contributed by atoms with Crippen LogP contribution in [-0.2, 0) is 0 Å². The average molecular weight is 365 g/mol. The minimum atomic E-state index is -0.102. The van der Waals surface area contributed by atoms with E-state index in [9.17, 15) is 4.79 Å². The number of amides is 1. The second-order valence-corrected chi connectivity index (χ2v) is 7.39. The van der Waals surface area contributed by atoms with E-state index in [2.05, 4.69) is 49.6 Å². The Balaban J connectivity index is 1.32. The second kappa shape index (κ2) is 8.37. The molecule has 0 atom stereocenters. The van der Waals surface area contributed by atoms with Gasteiger partial charge in [0.1, 0.15) is 0 Å². The normalized spacial score (nSPS) is 18.4. The van der Waals surface area contributed by atoms with Gasteiger partial charge in [-0.1, -0.05) is 37.5 Å². The lowest BCUT2D eigenvalue weighted by molar-refractivity contribution is 0.0921. The Morgan fingerprint density at radius 3 is 2.22 bits per heavy atom. The standard InChI is InChI=1S/C21H27N5O/c27-21(22-17-7-3-1-4-8-17)19-11-12-20(24-23-19)26-15-13-25(14-16-26)18-9-5-2-6-10-18/h2,5-6,9-12,17H,1,3-4,7-8,13-16H2,(H,22,27). The van der Waals surface area contributed by atoms with Gasteiger partial charge in [-0.25, -0.2) is 0 Å². The van der Waals surface area contributed by atoms with Crippen molar-refractivity contribution < 1.29 is 4.79 Å². The van der Waals surface area contributed by atoms with E-state index in [1.54, 1.807) is 6.07 Å². The van der Waals surface area contributed by atoms with Gasteiger partial charge in [0, 0.05) is 37.9 Å². The fourth-order valence-electron chi connectivity index (χ4n) is 3.95. The average Bonchev–Trinajstić information content (AvgIpc) is 2.75. The van der Waals surface area contributed by atoms with Gasteiger partial charge in [0.25, 0.3) is 5.91 Å². The summed E-state index contributed by atoms with van der Waals surface area (Å²) in [6.45, 7) is 3.71. The number of nitrogens with zero attached hydrogens (tertiary/aromatic N) is 4. The maximum absolute atomic E-state index is 12.4. The molecule has 1 saturated heterocycles. The molecule has 1 N–H and O–H groups in total. The number of carbonyl (C=O) groups excluding carboxylic acids is 1. The molecule has 2 heterocycles. The smallest absolute Gasteiger partial charge is 0.272 e. The van der Waals surface area contributed by atoms with Crippen molar-refractivity contribution in [3.8, 4) is 0 Å². The Morgan fingerprint density at radius 2 is 1.56 bits per heavy atom. The SMILES string of the molecule is O=C(NC1CCCCC1)c1ccc(N2CCN(c3ccccc3)CC2)nn1. The lowest BCUT2D eigenvalue weighted by Crippen LogP contribution is -2.47. The van der Waals surface area contributed by atoms with E-state index in [0.29, 0.717) is 11.7 Å². The van der Waals surface area contributed by atoms with Gasteiger partial charge in [-0.05, 0) is 37.1 Å². The molecule has 0 spiro atoms. The Hall–Kier alpha value is -2.63. The second-order valence-electron chi connectivity index (χ2n) is 7.39. The summed E-state index contributed by atoms with van der Waals surface area (Å²) in [6.07, 6.45) is 5.82. The fourth-order valence-corrected chi connectivity index (χ4v) is 3.95. The fraction of sp³-hybridized carbons (Fsp3) is 0.476. The topological polar surface area (TPSA) is 61.4 Å². The molecule has 2 aromatic rings. The van der Waals surface area contributed by atoms with E-state index in [0.717, 1.165) is 44.8 Å². The molecule has 1 aromatic carbocycles. The van der Waals surface area contributed by atoms with Crippen molar-refractivity contribution in [1.29, 1.82) is 0 Å². The van der Waals surface area contributed by atoms with E-state index in [4.69, 9.17) is 0 Å². The summed E-state index contributed by atoms with van der Waals surface area (Å²) >= 11 is 0. The van der Waals surface area contributed by atoms with Gasteiger partial charge in [0.05, 0.1) is 0 Å². The summed E-state index contributed by atoms with van der Waals surface area (Å²) in [4.78, 5) is 17.0. The van der Waals surface area contributed by atoms with E-state index in [-0.39, 0.29) is 5.91 Å². The van der Waals surface area contributed by atoms with E-state index < -0.39 is 0 Å². The van der Waals surface area contributed by atoms with Crippen molar-refractivity contribution in [2.75, 3.05) is 36.0 Å². The molecular formula is C21H27N5O. The summed E-state index contributed by atoms with van der Waals surface area (Å²) in [5, 5.41) is 11.6. The van der Waals surface area contributed by atoms with Crippen LogP contribution in [0.25, 0.3) is 0 Å². The van der Waals surface area contributed by atoms with E-state index >= 15 is 0 Å². The Morgan fingerprint density at radius 1 is 0.852 bits per heavy atom. The van der Waals surface area contributed by atoms with Gasteiger partial charge < -0.3 is 15.1 Å². The maximum atomic E-state index is 12.4. The van der Waals surface area contributed by atoms with Gasteiger partial charge >= 0.3 is 0 Å². The number of para-hydroxylation sites is 1. The van der Waals surface area contributed by atoms with Crippen LogP contribution in [-0.4, -0.2) is 48.3 Å². The number of rotatable bonds is 4. The molecule has 6 heteroatoms. The van der Waals surface area contributed by atoms with E-state index in [1.165, 1.54) is 24.9 Å². The number of nitrogens with one attached hydrogen (secondary N) is 1. The number of carbonyl (C=O) groups is 1. The lowest BCUT2D eigenvalue weighted by Gasteiger charge is -2.36. The molecule has 1 amide bonds. The number of hydrogen-bond acceptors (Lipinski definition) is 5. The van der Waals surface area contributed by atoms with Crippen LogP contribution in [0.1, 0.15) is 42.6 Å². The van der Waals surface area contributed by atoms with Gasteiger partial charge in [0.2, 0.25) is 0 Å². The largest absolute Gasteiger partial charge is 0.368 e. The summed E-state index contributed by atoms with van der Waals surface area (Å²) < 4.78 is 0. The van der Waals surface area contributed by atoms with Crippen molar-refractivity contribution in [2.45, 2.75) is 38.1 Å². The lowest BCUT2D eigenvalue weighted by atomic mass is 9.95. The Labute approximate surface area is 160 Å². The highest BCUT2D eigenvalue weighted by Crippen LogP contribution is 2.19. The molecule has 1 aliphatic heterocycles. The Kier molecular flexibility index (Phi) is 5.51. The third kappa shape index (κ3) is 4.38. The molecule has 142 valence electrons. The molecule has 0 radical (unpaired) electrons. The van der Waals surface area contributed by atoms with Crippen molar-refractivity contribution in [3.05, 3.63) is 48.2 Å². The highest BCUT2D eigenvalue weighted by Gasteiger charge is 2.20. The quantitative estimate of drug-likeness (QED) is 0.903. The predicted molar refractivity (Wildman–Crippen MR) is 107 cm³/mol. The first-order chi connectivity index (χ1) is 13.3. The van der Waals surface area contributed by atoms with Crippen LogP contribution in [0.5, 0.6) is 0 Å². The zero-order valence-electron chi connectivity index (χ0n) is 15.7. The number of aromatic nitrogens is 2. The molecule has 2 fully saturated rings. The molecule has 0 bridgehead atoms. The minimum Gasteiger partial charge on any atom is -0.368 e. The van der Waals surface area contributed by atoms with Crippen LogP contribution in [0.2, 0.25) is 0 Å². The van der Waals surface area contributed by atoms with Gasteiger partial charge in [0.15, 0.2) is 11.5 Å². The van der Waals surface area contributed by atoms with Crippen LogP contribution >= 0.6 is 0 Å². The van der Waals surface area contributed by atoms with Crippen LogP contribution in [0.4, 0.5) is 11.5 Å². The summed E-state index contributed by atoms with van der Waals surface area (Å²) in [6, 6.07) is 14.5. The first kappa shape index (κ1) is 17.8. The van der Waals surface area contributed by atoms with Crippen LogP contribution in [0.15, 0.2) is 42.5 Å². The highest BCUT2D eigenvalue weighted by molar-refractivity contribution is 5.92. The zero-order chi connectivity index (χ0) is 18.5. The molecule has 6 nitrogen and oxygen atoms in total. The van der Waals surface area contributed by atoms with E-state index in [1.807, 2.05) is 12.1 Å². The van der Waals surface area contributed by atoms with Crippen molar-refractivity contribution in [1.82, 2.24) is 15.5 Å². The van der Waals surface area contributed by atoms with Gasteiger partial charge in [-0.2, -0.15) is 0 Å². The molecule has 0 unspecified atom stereocenters. The number of benzene rings is 1. The first-order valence-electron chi connectivity index (χ1n) is 9.99. The zero-order valence-corrected chi connectivity index (χ0v) is 15.7. The Bertz CT molecular complexity index is 735. The number of piperazine rings is 1. The van der Waals surface area contributed by atoms with Crippen LogP contribution in [0, 0.1) is 0 Å². The molecule has 1 saturated carbocycles. The molecule has 4 rings (SSSR count). The third-order valence-electron chi connectivity index (χ3n) is 5.55. The van der Waals surface area contributed by atoms with Crippen molar-refractivity contribution in [3.63, 3.8) is 0 Å². The monoisotopic (exact) mass is 365 g/mol.